The van der Waals surface area contributed by atoms with Crippen molar-refractivity contribution in [3.05, 3.63) is 84.2 Å². The van der Waals surface area contributed by atoms with Crippen LogP contribution < -0.4 is 10.0 Å². The van der Waals surface area contributed by atoms with Gasteiger partial charge in [0.25, 0.3) is 0 Å². The average molecular weight is 458 g/mol. The van der Waals surface area contributed by atoms with Gasteiger partial charge < -0.3 is 10.1 Å². The Balaban J connectivity index is 2.19. The number of alkyl carbamates (subject to hydrolysis) is 1. The lowest BCUT2D eigenvalue weighted by atomic mass is 9.94. The molecule has 0 radical (unpaired) electrons. The number of carbonyl (C=O) groups excluding carboxylic acids is 1. The quantitative estimate of drug-likeness (QED) is 0.434. The second-order valence-corrected chi connectivity index (χ2v) is 8.08. The van der Waals surface area contributed by atoms with Crippen LogP contribution in [0.5, 0.6) is 0 Å². The van der Waals surface area contributed by atoms with E-state index in [1.807, 2.05) is 4.72 Å². The highest BCUT2D eigenvalue weighted by Gasteiger charge is 2.40. The number of benzene rings is 2. The summed E-state index contributed by atoms with van der Waals surface area (Å²) in [6.07, 6.45) is -5.09. The van der Waals surface area contributed by atoms with Crippen LogP contribution in [-0.2, 0) is 27.9 Å². The van der Waals surface area contributed by atoms with Crippen molar-refractivity contribution in [2.45, 2.75) is 31.3 Å². The fourth-order valence-electron chi connectivity index (χ4n) is 2.77. The summed E-state index contributed by atoms with van der Waals surface area (Å²) in [6, 6.07) is 11.9. The van der Waals surface area contributed by atoms with E-state index in [2.05, 4.69) is 11.9 Å². The zero-order valence-corrected chi connectivity index (χ0v) is 17.4. The molecule has 2 aromatic rings. The molecule has 168 valence electrons. The van der Waals surface area contributed by atoms with Crippen molar-refractivity contribution in [1.82, 2.24) is 10.0 Å². The fourth-order valence-corrected chi connectivity index (χ4v) is 4.12. The van der Waals surface area contributed by atoms with Crippen LogP contribution in [0.2, 0.25) is 0 Å². The number of ether oxygens (including phenoxy) is 1. The lowest BCUT2D eigenvalue weighted by Crippen LogP contribution is -2.51. The maximum absolute atomic E-state index is 14.4. The van der Waals surface area contributed by atoms with Crippen molar-refractivity contribution in [1.29, 1.82) is 0 Å². The van der Waals surface area contributed by atoms with Gasteiger partial charge in [0.15, 0.2) is 0 Å². The molecular formula is C21H22F4N2O3S. The molecule has 3 atom stereocenters. The Morgan fingerprint density at radius 3 is 2.35 bits per heavy atom. The molecule has 0 spiro atoms. The minimum absolute atomic E-state index is 0.0519. The molecule has 0 bridgehead atoms. The van der Waals surface area contributed by atoms with Gasteiger partial charge in [0.05, 0.1) is 22.3 Å². The van der Waals surface area contributed by atoms with Gasteiger partial charge in [-0.05, 0) is 18.6 Å². The molecule has 31 heavy (non-hydrogen) atoms. The average Bonchev–Trinajstić information content (AvgIpc) is 2.70. The summed E-state index contributed by atoms with van der Waals surface area (Å²) in [6.45, 7) is 4.36. The van der Waals surface area contributed by atoms with Crippen LogP contribution >= 0.6 is 0 Å². The molecule has 2 rings (SSSR count). The monoisotopic (exact) mass is 458 g/mol. The van der Waals surface area contributed by atoms with E-state index < -0.39 is 46.4 Å². The molecule has 0 saturated heterocycles. The van der Waals surface area contributed by atoms with Gasteiger partial charge in [-0.3, -0.25) is 0 Å². The summed E-state index contributed by atoms with van der Waals surface area (Å²) in [7, 11) is -2.31. The van der Waals surface area contributed by atoms with Crippen molar-refractivity contribution >= 4 is 17.1 Å². The number of amides is 1. The molecule has 0 saturated carbocycles. The summed E-state index contributed by atoms with van der Waals surface area (Å²) in [5, 5.41) is 2.44. The maximum atomic E-state index is 14.4. The van der Waals surface area contributed by atoms with Crippen LogP contribution in [0.4, 0.5) is 22.4 Å². The predicted molar refractivity (Wildman–Crippen MR) is 110 cm³/mol. The third kappa shape index (κ3) is 7.18. The summed E-state index contributed by atoms with van der Waals surface area (Å²) in [5.41, 5.74) is -0.979. The van der Waals surface area contributed by atoms with Gasteiger partial charge in [-0.1, -0.05) is 54.6 Å². The Morgan fingerprint density at radius 2 is 1.77 bits per heavy atom. The zero-order chi connectivity index (χ0) is 23.1. The summed E-state index contributed by atoms with van der Waals surface area (Å²) in [4.78, 5) is 12.4. The number of hydrogen-bond donors (Lipinski definition) is 2. The van der Waals surface area contributed by atoms with E-state index in [4.69, 9.17) is 4.74 Å². The van der Waals surface area contributed by atoms with Crippen molar-refractivity contribution in [3.8, 4) is 0 Å². The summed E-state index contributed by atoms with van der Waals surface area (Å²) < 4.78 is 72.8. The van der Waals surface area contributed by atoms with E-state index in [0.717, 1.165) is 6.07 Å². The van der Waals surface area contributed by atoms with Gasteiger partial charge in [0.2, 0.25) is 0 Å². The van der Waals surface area contributed by atoms with E-state index in [1.54, 1.807) is 30.3 Å². The lowest BCUT2D eigenvalue weighted by Gasteiger charge is -2.31. The highest BCUT2D eigenvalue weighted by Crippen LogP contribution is 2.26. The number of alkyl halides is 3. The van der Waals surface area contributed by atoms with Gasteiger partial charge in [0.1, 0.15) is 18.5 Å². The first-order chi connectivity index (χ1) is 14.5. The Kier molecular flexibility index (Phi) is 8.35. The molecule has 0 aliphatic heterocycles. The molecular weight excluding hydrogens is 436 g/mol. The SMILES string of the molecule is C=C[C@H](NS(=O)CC(C)(NC(=O)OCc1ccccc1)c1ccccc1F)C(F)(F)F. The molecule has 0 aromatic heterocycles. The molecule has 0 fully saturated rings. The summed E-state index contributed by atoms with van der Waals surface area (Å²) >= 11 is 0. The van der Waals surface area contributed by atoms with E-state index in [9.17, 15) is 26.6 Å². The summed E-state index contributed by atoms with van der Waals surface area (Å²) in [5.74, 6) is -1.28. The number of rotatable bonds is 9. The molecule has 5 nitrogen and oxygen atoms in total. The Bertz CT molecular complexity index is 924. The minimum Gasteiger partial charge on any atom is -0.445 e. The Morgan fingerprint density at radius 1 is 1.16 bits per heavy atom. The molecule has 2 N–H and O–H groups in total. The normalized spacial score (nSPS) is 15.4. The molecule has 2 aromatic carbocycles. The van der Waals surface area contributed by atoms with Crippen molar-refractivity contribution in [2.75, 3.05) is 5.75 Å². The second kappa shape index (κ2) is 10.5. The van der Waals surface area contributed by atoms with E-state index in [-0.39, 0.29) is 12.2 Å². The van der Waals surface area contributed by atoms with Gasteiger partial charge in [-0.15, -0.1) is 6.58 Å². The van der Waals surface area contributed by atoms with Crippen LogP contribution in [0, 0.1) is 5.82 Å². The molecule has 0 aliphatic carbocycles. The zero-order valence-electron chi connectivity index (χ0n) is 16.6. The van der Waals surface area contributed by atoms with E-state index in [0.29, 0.717) is 11.6 Å². The molecule has 2 unspecified atom stereocenters. The topological polar surface area (TPSA) is 67.4 Å². The van der Waals surface area contributed by atoms with Crippen LogP contribution in [-0.4, -0.2) is 28.3 Å². The smallest absolute Gasteiger partial charge is 0.408 e. The van der Waals surface area contributed by atoms with Crippen LogP contribution in [0.3, 0.4) is 0 Å². The highest BCUT2D eigenvalue weighted by atomic mass is 32.2. The van der Waals surface area contributed by atoms with Gasteiger partial charge >= 0.3 is 12.3 Å². The second-order valence-electron chi connectivity index (χ2n) is 6.86. The van der Waals surface area contributed by atoms with Gasteiger partial charge in [0, 0.05) is 5.56 Å². The van der Waals surface area contributed by atoms with Crippen LogP contribution in [0.1, 0.15) is 18.1 Å². The highest BCUT2D eigenvalue weighted by molar-refractivity contribution is 7.83. The molecule has 0 heterocycles. The van der Waals surface area contributed by atoms with Crippen molar-refractivity contribution in [3.63, 3.8) is 0 Å². The Hall–Kier alpha value is -2.72. The Labute approximate surface area is 180 Å². The first-order valence-electron chi connectivity index (χ1n) is 9.13. The van der Waals surface area contributed by atoms with Gasteiger partial charge in [-0.25, -0.2) is 18.1 Å². The third-order valence-electron chi connectivity index (χ3n) is 4.33. The first kappa shape index (κ1) is 24.5. The number of carbonyl (C=O) groups is 1. The van der Waals surface area contributed by atoms with Crippen molar-refractivity contribution in [2.24, 2.45) is 0 Å². The van der Waals surface area contributed by atoms with E-state index in [1.165, 1.54) is 25.1 Å². The van der Waals surface area contributed by atoms with Crippen LogP contribution in [0.25, 0.3) is 0 Å². The molecule has 1 amide bonds. The third-order valence-corrected chi connectivity index (χ3v) is 5.68. The predicted octanol–water partition coefficient (Wildman–Crippen LogP) is 4.34. The molecule has 10 heteroatoms. The maximum Gasteiger partial charge on any atom is 0.408 e. The number of hydrogen-bond acceptors (Lipinski definition) is 3. The number of halogens is 4. The van der Waals surface area contributed by atoms with E-state index >= 15 is 0 Å². The van der Waals surface area contributed by atoms with Crippen LogP contribution in [0.15, 0.2) is 67.3 Å². The first-order valence-corrected chi connectivity index (χ1v) is 10.4. The fraction of sp³-hybridized carbons (Fsp3) is 0.286. The largest absolute Gasteiger partial charge is 0.445 e. The van der Waals surface area contributed by atoms with Crippen molar-refractivity contribution < 1.29 is 31.3 Å². The number of nitrogens with one attached hydrogen (secondary N) is 2. The lowest BCUT2D eigenvalue weighted by molar-refractivity contribution is -0.140. The minimum atomic E-state index is -4.71. The standard InChI is InChI=1S/C21H22F4N2O3S/c1-3-18(21(23,24)25)27-31(29)14-20(2,16-11-7-8-12-17(16)22)26-19(28)30-13-15-9-5-4-6-10-15/h3-12,18,27H,1,13-14H2,2H3,(H,26,28)/t18-,20?,31?/m0/s1. The van der Waals surface area contributed by atoms with Gasteiger partial charge in [-0.2, -0.15) is 13.2 Å². The molecule has 0 aliphatic rings.